The second-order valence-electron chi connectivity index (χ2n) is 18.0. The Kier molecular flexibility index (Phi) is 10.4. The largest absolute Gasteiger partial charge is 0.310 e. The molecule has 0 heterocycles. The molecule has 0 bridgehead atoms. The lowest BCUT2D eigenvalue weighted by atomic mass is 9.85. The van der Waals surface area contributed by atoms with Crippen LogP contribution in [0.15, 0.2) is 218 Å². The van der Waals surface area contributed by atoms with Gasteiger partial charge < -0.3 is 9.80 Å². The minimum absolute atomic E-state index is 0.0537. The normalized spacial score (nSPS) is 11.7. The van der Waals surface area contributed by atoms with Crippen molar-refractivity contribution in [3.05, 3.63) is 230 Å². The highest BCUT2D eigenvalue weighted by Crippen LogP contribution is 2.48. The summed E-state index contributed by atoms with van der Waals surface area (Å²) in [4.78, 5) is 4.81. The Bertz CT molecular complexity index is 3200. The van der Waals surface area contributed by atoms with Gasteiger partial charge in [-0.3, -0.25) is 0 Å². The Hall–Kier alpha value is -7.42. The molecule has 0 saturated carbocycles. The van der Waals surface area contributed by atoms with Crippen LogP contribution in [0.2, 0.25) is 0 Å². The summed E-state index contributed by atoms with van der Waals surface area (Å²) in [5, 5.41) is 7.28. The molecule has 0 saturated heterocycles. The van der Waals surface area contributed by atoms with E-state index in [0.717, 1.165) is 34.1 Å². The predicted octanol–water partition coefficient (Wildman–Crippen LogP) is 17.8. The topological polar surface area (TPSA) is 6.48 Å². The van der Waals surface area contributed by atoms with Gasteiger partial charge in [-0.05, 0) is 150 Å². The van der Waals surface area contributed by atoms with Crippen molar-refractivity contribution in [2.75, 3.05) is 9.80 Å². The van der Waals surface area contributed by atoms with Crippen molar-refractivity contribution in [2.45, 2.75) is 46.0 Å². The van der Waals surface area contributed by atoms with Gasteiger partial charge in [0.05, 0.1) is 0 Å². The van der Waals surface area contributed by atoms with E-state index in [-0.39, 0.29) is 5.41 Å². The fourth-order valence-electron chi connectivity index (χ4n) is 9.22. The lowest BCUT2D eigenvalue weighted by Gasteiger charge is -2.29. The molecule has 0 radical (unpaired) electrons. The van der Waals surface area contributed by atoms with Crippen LogP contribution in [0.4, 0.5) is 34.1 Å². The molecule has 0 unspecified atom stereocenters. The molecular formula is C61H52N2. The van der Waals surface area contributed by atoms with E-state index >= 15 is 0 Å². The van der Waals surface area contributed by atoms with E-state index in [0.29, 0.717) is 5.92 Å². The van der Waals surface area contributed by atoms with Crippen LogP contribution < -0.4 is 9.80 Å². The summed E-state index contributed by atoms with van der Waals surface area (Å²) in [6, 6.07) is 80.5. The fourth-order valence-corrected chi connectivity index (χ4v) is 9.22. The summed E-state index contributed by atoms with van der Waals surface area (Å²) in [5.74, 6) is 0.449. The molecule has 0 atom stereocenters. The molecule has 306 valence electrons. The highest BCUT2D eigenvalue weighted by molar-refractivity contribution is 6.22. The van der Waals surface area contributed by atoms with Crippen molar-refractivity contribution in [1.29, 1.82) is 0 Å². The van der Waals surface area contributed by atoms with E-state index in [9.17, 15) is 0 Å². The zero-order valence-electron chi connectivity index (χ0n) is 36.8. The zero-order valence-corrected chi connectivity index (χ0v) is 36.8. The van der Waals surface area contributed by atoms with Crippen LogP contribution in [-0.2, 0) is 5.41 Å². The summed E-state index contributed by atoms with van der Waals surface area (Å²) in [6.45, 7) is 11.3. The molecule has 0 amide bonds. The fraction of sp³-hybridized carbons (Fsp3) is 0.115. The third kappa shape index (κ3) is 7.64. The van der Waals surface area contributed by atoms with Gasteiger partial charge in [-0.15, -0.1) is 0 Å². The molecule has 2 heteroatoms. The number of anilines is 6. The molecule has 10 aromatic carbocycles. The highest BCUT2D eigenvalue weighted by Gasteiger charge is 2.23. The Labute approximate surface area is 372 Å². The van der Waals surface area contributed by atoms with Crippen molar-refractivity contribution >= 4 is 66.4 Å². The van der Waals surface area contributed by atoms with Gasteiger partial charge in [0.1, 0.15) is 0 Å². The average molecular weight is 813 g/mol. The highest BCUT2D eigenvalue weighted by atomic mass is 15.1. The maximum absolute atomic E-state index is 2.43. The molecule has 0 aromatic heterocycles. The Morgan fingerprint density at radius 3 is 1.24 bits per heavy atom. The number of nitrogens with zero attached hydrogens (tertiary/aromatic N) is 2. The lowest BCUT2D eigenvalue weighted by Crippen LogP contribution is -2.13. The van der Waals surface area contributed by atoms with Gasteiger partial charge in [-0.1, -0.05) is 180 Å². The molecule has 0 N–H and O–H groups in total. The standard InChI is InChI=1S/C61H52N2/c1-42(2)43-25-30-50(31-26-43)62(51-33-28-48(29-34-51)61(3,4)5)53-35-37-55-57(40-53)59(45-18-9-6-10-19-45)56-38-36-54(41-58(56)60(55)46-20-11-7-12-21-46)63(49-23-13-8-14-24-49)52-32-27-44-17-15-16-22-47(44)39-52/h6-42H,1-5H3. The SMILES string of the molecule is CC(C)c1ccc(N(c2ccc(C(C)(C)C)cc2)c2ccc3c(-c4ccccc4)c4cc(N(c5ccccc5)c5ccc6ccccc6c5)ccc4c(-c4ccccc4)c3c2)cc1. The molecule has 10 aromatic rings. The van der Waals surface area contributed by atoms with Crippen molar-refractivity contribution < 1.29 is 0 Å². The first-order valence-corrected chi connectivity index (χ1v) is 22.2. The third-order valence-corrected chi connectivity index (χ3v) is 12.5. The number of hydrogen-bond acceptors (Lipinski definition) is 2. The molecule has 2 nitrogen and oxygen atoms in total. The Morgan fingerprint density at radius 1 is 0.333 bits per heavy atom. The van der Waals surface area contributed by atoms with Crippen LogP contribution >= 0.6 is 0 Å². The van der Waals surface area contributed by atoms with Crippen molar-refractivity contribution in [2.24, 2.45) is 0 Å². The number of fused-ring (bicyclic) bond motifs is 3. The second kappa shape index (κ2) is 16.5. The summed E-state index contributed by atoms with van der Waals surface area (Å²) in [6.07, 6.45) is 0. The number of para-hydroxylation sites is 1. The van der Waals surface area contributed by atoms with Crippen molar-refractivity contribution in [3.8, 4) is 22.3 Å². The number of rotatable bonds is 9. The molecule has 10 rings (SSSR count). The monoisotopic (exact) mass is 812 g/mol. The first kappa shape index (κ1) is 39.7. The minimum atomic E-state index is 0.0537. The molecule has 0 spiro atoms. The van der Waals surface area contributed by atoms with Gasteiger partial charge in [0.25, 0.3) is 0 Å². The zero-order chi connectivity index (χ0) is 43.1. The summed E-state index contributed by atoms with van der Waals surface area (Å²) in [5.41, 5.74) is 14.2. The molecule has 0 aliphatic carbocycles. The maximum Gasteiger partial charge on any atom is 0.0468 e. The summed E-state index contributed by atoms with van der Waals surface area (Å²) < 4.78 is 0. The summed E-state index contributed by atoms with van der Waals surface area (Å²) in [7, 11) is 0. The van der Waals surface area contributed by atoms with Crippen LogP contribution in [0.1, 0.15) is 51.7 Å². The number of hydrogen-bond donors (Lipinski definition) is 0. The average Bonchev–Trinajstić information content (AvgIpc) is 3.32. The first-order valence-electron chi connectivity index (χ1n) is 22.2. The number of benzene rings is 10. The third-order valence-electron chi connectivity index (χ3n) is 12.5. The smallest absolute Gasteiger partial charge is 0.0468 e. The van der Waals surface area contributed by atoms with Crippen LogP contribution in [0.3, 0.4) is 0 Å². The second-order valence-corrected chi connectivity index (χ2v) is 18.0. The van der Waals surface area contributed by atoms with Gasteiger partial charge in [0, 0.05) is 34.1 Å². The molecular weight excluding hydrogens is 761 g/mol. The Balaban J connectivity index is 1.25. The van der Waals surface area contributed by atoms with Gasteiger partial charge >= 0.3 is 0 Å². The van der Waals surface area contributed by atoms with Crippen molar-refractivity contribution in [3.63, 3.8) is 0 Å². The maximum atomic E-state index is 2.43. The van der Waals surface area contributed by atoms with E-state index in [1.54, 1.807) is 0 Å². The van der Waals surface area contributed by atoms with E-state index in [1.165, 1.54) is 65.7 Å². The summed E-state index contributed by atoms with van der Waals surface area (Å²) >= 11 is 0. The van der Waals surface area contributed by atoms with Crippen LogP contribution in [0.25, 0.3) is 54.6 Å². The van der Waals surface area contributed by atoms with Crippen molar-refractivity contribution in [1.82, 2.24) is 0 Å². The van der Waals surface area contributed by atoms with Gasteiger partial charge in [0.15, 0.2) is 0 Å². The van der Waals surface area contributed by atoms with Gasteiger partial charge in [-0.25, -0.2) is 0 Å². The lowest BCUT2D eigenvalue weighted by molar-refractivity contribution is 0.590. The molecule has 0 fully saturated rings. The van der Waals surface area contributed by atoms with Crippen LogP contribution in [0.5, 0.6) is 0 Å². The van der Waals surface area contributed by atoms with E-state index in [2.05, 4.69) is 263 Å². The molecule has 0 aliphatic heterocycles. The Morgan fingerprint density at radius 2 is 0.730 bits per heavy atom. The van der Waals surface area contributed by atoms with Gasteiger partial charge in [-0.2, -0.15) is 0 Å². The quantitative estimate of drug-likeness (QED) is 0.134. The minimum Gasteiger partial charge on any atom is -0.310 e. The van der Waals surface area contributed by atoms with Crippen LogP contribution in [0, 0.1) is 0 Å². The van der Waals surface area contributed by atoms with Gasteiger partial charge in [0.2, 0.25) is 0 Å². The van der Waals surface area contributed by atoms with E-state index in [1.807, 2.05) is 0 Å². The first-order chi connectivity index (χ1) is 30.7. The molecule has 0 aliphatic rings. The van der Waals surface area contributed by atoms with E-state index in [4.69, 9.17) is 0 Å². The predicted molar refractivity (Wildman–Crippen MR) is 272 cm³/mol. The molecule has 63 heavy (non-hydrogen) atoms. The van der Waals surface area contributed by atoms with Crippen LogP contribution in [-0.4, -0.2) is 0 Å². The van der Waals surface area contributed by atoms with E-state index < -0.39 is 0 Å².